The molecule has 3 nitrogen and oxygen atoms in total. The van der Waals surface area contributed by atoms with Gasteiger partial charge in [-0.1, -0.05) is 36.8 Å². The highest BCUT2D eigenvalue weighted by molar-refractivity contribution is 5.42. The number of hydrogen-bond donors (Lipinski definition) is 0. The maximum absolute atomic E-state index is 4.82. The molecule has 23 heavy (non-hydrogen) atoms. The van der Waals surface area contributed by atoms with Crippen molar-refractivity contribution in [1.29, 1.82) is 0 Å². The Kier molecular flexibility index (Phi) is 3.92. The normalized spacial score (nSPS) is 26.0. The molecule has 1 atom stereocenters. The molecule has 2 aliphatic rings. The minimum Gasteiger partial charge on any atom is -0.279 e. The van der Waals surface area contributed by atoms with Crippen molar-refractivity contribution in [3.05, 3.63) is 65.5 Å². The lowest BCUT2D eigenvalue weighted by atomic mass is 9.82. The van der Waals surface area contributed by atoms with E-state index in [9.17, 15) is 0 Å². The van der Waals surface area contributed by atoms with Crippen molar-refractivity contribution in [2.24, 2.45) is 0 Å². The molecule has 3 heteroatoms. The molecule has 4 rings (SSSR count). The van der Waals surface area contributed by atoms with Gasteiger partial charge in [0, 0.05) is 25.8 Å². The highest BCUT2D eigenvalue weighted by Gasteiger charge is 2.48. The molecule has 0 amide bonds. The van der Waals surface area contributed by atoms with E-state index in [-0.39, 0.29) is 5.66 Å². The van der Waals surface area contributed by atoms with Gasteiger partial charge in [0.25, 0.3) is 0 Å². The number of piperidine rings is 1. The first-order chi connectivity index (χ1) is 11.3. The second-order valence-electron chi connectivity index (χ2n) is 6.76. The summed E-state index contributed by atoms with van der Waals surface area (Å²) in [6.45, 7) is 3.37. The minimum absolute atomic E-state index is 0.212. The molecule has 1 fully saturated rings. The van der Waals surface area contributed by atoms with Crippen LogP contribution in [0.4, 0.5) is 0 Å². The van der Waals surface area contributed by atoms with Gasteiger partial charge in [0.05, 0.1) is 5.69 Å². The van der Waals surface area contributed by atoms with Crippen molar-refractivity contribution in [3.63, 3.8) is 0 Å². The summed E-state index contributed by atoms with van der Waals surface area (Å²) in [4.78, 5) is 10.00. The maximum Gasteiger partial charge on any atom is 0.144 e. The molecule has 120 valence electrons. The third-order valence-electron chi connectivity index (χ3n) is 5.50. The van der Waals surface area contributed by atoms with Gasteiger partial charge in [-0.15, -0.1) is 0 Å². The number of fused-ring (bicyclic) bond motifs is 1. The fourth-order valence-electron chi connectivity index (χ4n) is 4.43. The molecule has 0 radical (unpaired) electrons. The Labute approximate surface area is 139 Å². The van der Waals surface area contributed by atoms with E-state index >= 15 is 0 Å². The van der Waals surface area contributed by atoms with Gasteiger partial charge >= 0.3 is 0 Å². The van der Waals surface area contributed by atoms with Crippen LogP contribution in [0.2, 0.25) is 0 Å². The summed E-state index contributed by atoms with van der Waals surface area (Å²) in [6.07, 6.45) is 6.97. The second kappa shape index (κ2) is 6.06. The number of hydrogen-bond acceptors (Lipinski definition) is 3. The summed E-state index contributed by atoms with van der Waals surface area (Å²) < 4.78 is 0. The van der Waals surface area contributed by atoms with Crippen LogP contribution in [-0.4, -0.2) is 41.5 Å². The number of aromatic nitrogens is 1. The van der Waals surface area contributed by atoms with Crippen molar-refractivity contribution in [1.82, 2.24) is 14.8 Å². The average Bonchev–Trinajstić information content (AvgIpc) is 2.63. The Bertz CT molecular complexity index is 664. The Morgan fingerprint density at radius 3 is 2.48 bits per heavy atom. The second-order valence-corrected chi connectivity index (χ2v) is 6.76. The first-order valence-electron chi connectivity index (χ1n) is 8.79. The molecule has 1 saturated heterocycles. The van der Waals surface area contributed by atoms with E-state index < -0.39 is 0 Å². The van der Waals surface area contributed by atoms with Crippen LogP contribution in [0.25, 0.3) is 0 Å². The van der Waals surface area contributed by atoms with Crippen LogP contribution in [0.15, 0.2) is 48.7 Å². The van der Waals surface area contributed by atoms with E-state index in [1.807, 2.05) is 12.3 Å². The predicted octanol–water partition coefficient (Wildman–Crippen LogP) is 3.26. The summed E-state index contributed by atoms with van der Waals surface area (Å²) in [7, 11) is 2.26. The van der Waals surface area contributed by atoms with Crippen LogP contribution >= 0.6 is 0 Å². The van der Waals surface area contributed by atoms with Crippen LogP contribution in [0.1, 0.15) is 36.1 Å². The zero-order valence-corrected chi connectivity index (χ0v) is 13.9. The maximum atomic E-state index is 4.82. The van der Waals surface area contributed by atoms with Gasteiger partial charge in [0.15, 0.2) is 0 Å². The number of rotatable bonds is 2. The minimum atomic E-state index is -0.212. The van der Waals surface area contributed by atoms with Crippen LogP contribution in [0.5, 0.6) is 0 Å². The molecule has 0 aliphatic carbocycles. The lowest BCUT2D eigenvalue weighted by Gasteiger charge is -2.53. The lowest BCUT2D eigenvalue weighted by Crippen LogP contribution is -2.61. The standard InChI is InChI=1S/C20H25N3/c1-22-16-12-17-9-3-4-10-18(17)20(22,19-11-5-6-13-21-19)23-14-7-2-8-15-23/h3-6,9-11,13H,2,7-8,12,14-16H2,1H3. The molecule has 2 aliphatic heterocycles. The fraction of sp³-hybridized carbons (Fsp3) is 0.450. The Hall–Kier alpha value is -1.71. The van der Waals surface area contributed by atoms with Crippen molar-refractivity contribution < 1.29 is 0 Å². The Morgan fingerprint density at radius 1 is 0.913 bits per heavy atom. The molecule has 1 unspecified atom stereocenters. The smallest absolute Gasteiger partial charge is 0.144 e. The van der Waals surface area contributed by atoms with Gasteiger partial charge < -0.3 is 0 Å². The molecular weight excluding hydrogens is 282 g/mol. The summed E-state index contributed by atoms with van der Waals surface area (Å²) in [5.41, 5.74) is 3.85. The van der Waals surface area contributed by atoms with Gasteiger partial charge in [0.2, 0.25) is 0 Å². The van der Waals surface area contributed by atoms with Crippen LogP contribution in [-0.2, 0) is 12.1 Å². The van der Waals surface area contributed by atoms with Crippen molar-refractivity contribution in [2.75, 3.05) is 26.7 Å². The first kappa shape index (κ1) is 14.9. The Morgan fingerprint density at radius 2 is 1.70 bits per heavy atom. The number of likely N-dealkylation sites (N-methyl/N-ethyl adjacent to an activating group) is 1. The number of benzene rings is 1. The monoisotopic (exact) mass is 307 g/mol. The molecule has 2 aromatic rings. The highest BCUT2D eigenvalue weighted by atomic mass is 15.4. The summed E-state index contributed by atoms with van der Waals surface area (Å²) in [5, 5.41) is 0. The molecule has 1 aromatic heterocycles. The van der Waals surface area contributed by atoms with Gasteiger partial charge in [-0.3, -0.25) is 14.8 Å². The first-order valence-corrected chi connectivity index (χ1v) is 8.79. The average molecular weight is 307 g/mol. The fourth-order valence-corrected chi connectivity index (χ4v) is 4.43. The molecular formula is C20H25N3. The zero-order valence-electron chi connectivity index (χ0n) is 13.9. The number of likely N-dealkylation sites (tertiary alicyclic amines) is 1. The molecule has 0 spiro atoms. The number of pyridine rings is 1. The van der Waals surface area contributed by atoms with E-state index in [1.165, 1.54) is 30.4 Å². The third kappa shape index (κ3) is 2.30. The zero-order chi connectivity index (χ0) is 15.7. The van der Waals surface area contributed by atoms with Gasteiger partial charge in [-0.2, -0.15) is 0 Å². The molecule has 0 saturated carbocycles. The van der Waals surface area contributed by atoms with Crippen molar-refractivity contribution in [3.8, 4) is 0 Å². The topological polar surface area (TPSA) is 19.4 Å². The quantitative estimate of drug-likeness (QED) is 0.849. The summed E-state index contributed by atoms with van der Waals surface area (Å²) in [6, 6.07) is 15.3. The Balaban J connectivity index is 1.95. The van der Waals surface area contributed by atoms with Gasteiger partial charge in [0.1, 0.15) is 5.66 Å². The van der Waals surface area contributed by atoms with E-state index in [1.54, 1.807) is 0 Å². The molecule has 0 N–H and O–H groups in total. The molecule has 0 bridgehead atoms. The van der Waals surface area contributed by atoms with Crippen molar-refractivity contribution >= 4 is 0 Å². The van der Waals surface area contributed by atoms with Crippen molar-refractivity contribution in [2.45, 2.75) is 31.3 Å². The van der Waals surface area contributed by atoms with E-state index in [4.69, 9.17) is 4.98 Å². The lowest BCUT2D eigenvalue weighted by molar-refractivity contribution is -0.0390. The molecule has 3 heterocycles. The molecule has 1 aromatic carbocycles. The largest absolute Gasteiger partial charge is 0.279 e. The van der Waals surface area contributed by atoms with E-state index in [2.05, 4.69) is 53.2 Å². The van der Waals surface area contributed by atoms with Gasteiger partial charge in [-0.25, -0.2) is 0 Å². The summed E-state index contributed by atoms with van der Waals surface area (Å²) >= 11 is 0. The van der Waals surface area contributed by atoms with Crippen LogP contribution in [0, 0.1) is 0 Å². The number of nitrogens with zero attached hydrogens (tertiary/aromatic N) is 3. The predicted molar refractivity (Wildman–Crippen MR) is 93.2 cm³/mol. The highest BCUT2D eigenvalue weighted by Crippen LogP contribution is 2.43. The third-order valence-corrected chi connectivity index (χ3v) is 5.50. The summed E-state index contributed by atoms with van der Waals surface area (Å²) in [5.74, 6) is 0. The van der Waals surface area contributed by atoms with Crippen LogP contribution < -0.4 is 0 Å². The SMILES string of the molecule is CN1CCc2ccccc2C1(c1ccccn1)N1CCCCC1. The van der Waals surface area contributed by atoms with E-state index in [0.29, 0.717) is 0 Å². The van der Waals surface area contributed by atoms with Crippen LogP contribution in [0.3, 0.4) is 0 Å². The van der Waals surface area contributed by atoms with E-state index in [0.717, 1.165) is 31.7 Å². The van der Waals surface area contributed by atoms with Gasteiger partial charge in [-0.05, 0) is 49.6 Å².